The highest BCUT2D eigenvalue weighted by Gasteiger charge is 2.43. The number of carbonyl (C=O) groups is 4. The van der Waals surface area contributed by atoms with Crippen LogP contribution in [0.15, 0.2) is 36.8 Å². The average Bonchev–Trinajstić information content (AvgIpc) is 3.50. The molecule has 2 aromatic carbocycles. The summed E-state index contributed by atoms with van der Waals surface area (Å²) in [7, 11) is -1.90. The lowest BCUT2D eigenvalue weighted by molar-refractivity contribution is -0.123. The van der Waals surface area contributed by atoms with E-state index in [0.717, 1.165) is 16.7 Å². The molecule has 0 spiro atoms. The van der Waals surface area contributed by atoms with Gasteiger partial charge in [0.05, 0.1) is 16.7 Å². The van der Waals surface area contributed by atoms with Crippen molar-refractivity contribution in [1.29, 1.82) is 0 Å². The van der Waals surface area contributed by atoms with Gasteiger partial charge in [0, 0.05) is 50.5 Å². The summed E-state index contributed by atoms with van der Waals surface area (Å²) in [6, 6.07) is 0.769. The predicted molar refractivity (Wildman–Crippen MR) is 173 cm³/mol. The number of urea groups is 2. The number of nitrogens with one attached hydrogen (secondary N) is 2. The number of imide groups is 1. The molecule has 6 N–H and O–H groups in total. The second-order valence-electron chi connectivity index (χ2n) is 12.2. The third-order valence-corrected chi connectivity index (χ3v) is 9.50. The van der Waals surface area contributed by atoms with Gasteiger partial charge >= 0.3 is 25.1 Å². The van der Waals surface area contributed by atoms with Gasteiger partial charge in [-0.3, -0.25) is 9.69 Å². The van der Waals surface area contributed by atoms with E-state index >= 15 is 0 Å². The van der Waals surface area contributed by atoms with Gasteiger partial charge in [0.1, 0.15) is 29.5 Å². The fraction of sp³-hybridized carbons (Fsp3) is 0.355. The summed E-state index contributed by atoms with van der Waals surface area (Å²) in [6.07, 6.45) is 4.14. The van der Waals surface area contributed by atoms with Gasteiger partial charge in [-0.1, -0.05) is 17.7 Å². The number of benzene rings is 2. The normalized spacial score (nSPS) is 18.6. The Labute approximate surface area is 293 Å². The van der Waals surface area contributed by atoms with Gasteiger partial charge in [-0.05, 0) is 43.0 Å². The number of hydrogen-bond acceptors (Lipinski definition) is 11. The van der Waals surface area contributed by atoms with E-state index in [0.29, 0.717) is 38.5 Å². The fourth-order valence-electron chi connectivity index (χ4n) is 6.45. The molecule has 2 atom stereocenters. The monoisotopic (exact) mass is 729 g/mol. The number of amides is 5. The molecule has 5 amide bonds. The number of aromatic hydroxyl groups is 2. The van der Waals surface area contributed by atoms with Crippen LogP contribution in [0.1, 0.15) is 46.1 Å². The van der Waals surface area contributed by atoms with Gasteiger partial charge in [0.25, 0.3) is 0 Å². The molecule has 3 aromatic rings. The van der Waals surface area contributed by atoms with E-state index in [2.05, 4.69) is 25.5 Å². The van der Waals surface area contributed by atoms with Gasteiger partial charge in [0.15, 0.2) is 17.3 Å². The molecule has 0 radical (unpaired) electrons. The van der Waals surface area contributed by atoms with Crippen molar-refractivity contribution in [3.8, 4) is 17.2 Å². The molecule has 2 saturated heterocycles. The molecule has 16 nitrogen and oxygen atoms in total. The Bertz CT molecular complexity index is 1870. The number of fused-ring (bicyclic) bond motifs is 1. The molecule has 268 valence electrons. The zero-order chi connectivity index (χ0) is 36.6. The molecule has 2 fully saturated rings. The number of phenolic OH excluding ortho intramolecular Hbond substituents is 2. The van der Waals surface area contributed by atoms with Crippen LogP contribution in [-0.4, -0.2) is 114 Å². The van der Waals surface area contributed by atoms with Gasteiger partial charge in [-0.2, -0.15) is 0 Å². The Morgan fingerprint density at radius 3 is 2.51 bits per heavy atom. The summed E-state index contributed by atoms with van der Waals surface area (Å²) in [6.45, 7) is 2.14. The summed E-state index contributed by atoms with van der Waals surface area (Å²) in [5.74, 6) is -9.34. The van der Waals surface area contributed by atoms with Crippen molar-refractivity contribution in [1.82, 2.24) is 35.3 Å². The molecule has 51 heavy (non-hydrogen) atoms. The Balaban J connectivity index is 1.17. The Kier molecular flexibility index (Phi) is 10.1. The molecule has 0 bridgehead atoms. The van der Waals surface area contributed by atoms with E-state index in [9.17, 15) is 48.3 Å². The number of piperidine rings is 1. The van der Waals surface area contributed by atoms with Crippen molar-refractivity contribution < 1.29 is 53.0 Å². The van der Waals surface area contributed by atoms with Crippen LogP contribution in [-0.2, 0) is 17.8 Å². The van der Waals surface area contributed by atoms with Crippen LogP contribution >= 0.6 is 11.6 Å². The minimum atomic E-state index is -1.91. The molecule has 1 aromatic heterocycles. The lowest BCUT2D eigenvalue weighted by atomic mass is 9.72. The highest BCUT2D eigenvalue weighted by Crippen LogP contribution is 2.41. The van der Waals surface area contributed by atoms with Crippen molar-refractivity contribution in [3.63, 3.8) is 0 Å². The zero-order valence-electron chi connectivity index (χ0n) is 26.6. The number of aromatic carboxylic acids is 1. The molecule has 3 aliphatic rings. The fourth-order valence-corrected chi connectivity index (χ4v) is 6.71. The molecule has 0 saturated carbocycles. The second kappa shape index (κ2) is 14.5. The highest BCUT2D eigenvalue weighted by molar-refractivity contribution is 6.47. The van der Waals surface area contributed by atoms with E-state index in [1.807, 2.05) is 6.07 Å². The molecule has 0 unspecified atom stereocenters. The SMILES string of the molecule is O=C(O)c1c(F)ccc2c1OB(O)[C@@H](NC(=O)[C@H](NC(=O)N1CCN(C3CCN(Cc4ccncn4)CC3)C1=O)c1cc(F)c(O)c(O)c1Cl)C2. The van der Waals surface area contributed by atoms with Crippen molar-refractivity contribution in [2.75, 3.05) is 26.2 Å². The maximum absolute atomic E-state index is 14.6. The molecular formula is C31H31BClF2N7O9. The summed E-state index contributed by atoms with van der Waals surface area (Å²) < 4.78 is 34.1. The minimum absolute atomic E-state index is 0.0441. The second-order valence-corrected chi connectivity index (χ2v) is 12.6. The van der Waals surface area contributed by atoms with Crippen LogP contribution in [0.2, 0.25) is 5.02 Å². The van der Waals surface area contributed by atoms with Crippen LogP contribution in [0.5, 0.6) is 17.2 Å². The van der Waals surface area contributed by atoms with E-state index in [4.69, 9.17) is 16.3 Å². The van der Waals surface area contributed by atoms with Gasteiger partial charge < -0.3 is 40.5 Å². The number of halogens is 3. The predicted octanol–water partition coefficient (Wildman–Crippen LogP) is 1.81. The summed E-state index contributed by atoms with van der Waals surface area (Å²) in [5.41, 5.74) is -0.335. The average molecular weight is 730 g/mol. The smallest absolute Gasteiger partial charge is 0.534 e. The standard InChI is InChI=1S/C31H31BClF2N7O9/c33-23-18(12-20(35)25(43)26(23)44)24(28(45)38-21-11-15-1-2-19(34)22(29(46)47)27(15)51-32(21)50)39-30(48)42-10-9-41(31(42)49)17-4-7-40(8-5-17)13-16-3-6-36-14-37-16/h1-3,6,12,14,17,21,24,43-44,50H,4-5,7-11,13H2,(H,38,45)(H,39,48)(H,46,47)/t21-,24+/m0/s1. The Morgan fingerprint density at radius 1 is 1.08 bits per heavy atom. The molecule has 4 heterocycles. The summed E-state index contributed by atoms with van der Waals surface area (Å²) >= 11 is 6.20. The quantitative estimate of drug-likeness (QED) is 0.145. The number of rotatable bonds is 8. The topological polar surface area (TPSA) is 218 Å². The Morgan fingerprint density at radius 2 is 1.82 bits per heavy atom. The lowest BCUT2D eigenvalue weighted by Crippen LogP contribution is -2.56. The first kappa shape index (κ1) is 35.6. The number of carbonyl (C=O) groups excluding carboxylic acids is 3. The first-order chi connectivity index (χ1) is 24.3. The molecule has 6 rings (SSSR count). The maximum atomic E-state index is 14.6. The first-order valence-corrected chi connectivity index (χ1v) is 16.2. The van der Waals surface area contributed by atoms with E-state index in [1.54, 1.807) is 11.1 Å². The first-order valence-electron chi connectivity index (χ1n) is 15.8. The molecule has 3 aliphatic heterocycles. The number of carboxylic acid groups (broad SMARTS) is 1. The maximum Gasteiger partial charge on any atom is 0.547 e. The van der Waals surface area contributed by atoms with Gasteiger partial charge in [0.2, 0.25) is 5.91 Å². The number of nitrogens with zero attached hydrogens (tertiary/aromatic N) is 5. The minimum Gasteiger partial charge on any atom is -0.534 e. The van der Waals surface area contributed by atoms with Crippen LogP contribution in [0.25, 0.3) is 0 Å². The number of carboxylic acids is 1. The molecule has 0 aliphatic carbocycles. The van der Waals surface area contributed by atoms with Crippen LogP contribution in [0, 0.1) is 11.6 Å². The number of likely N-dealkylation sites (tertiary alicyclic amines) is 1. The van der Waals surface area contributed by atoms with E-state index in [1.165, 1.54) is 12.4 Å². The third kappa shape index (κ3) is 7.17. The summed E-state index contributed by atoms with van der Waals surface area (Å²) in [5, 5.41) is 44.3. The van der Waals surface area contributed by atoms with E-state index in [-0.39, 0.29) is 31.1 Å². The van der Waals surface area contributed by atoms with Crippen molar-refractivity contribution in [2.24, 2.45) is 0 Å². The van der Waals surface area contributed by atoms with E-state index < -0.39 is 88.1 Å². The van der Waals surface area contributed by atoms with Gasteiger partial charge in [-0.15, -0.1) is 0 Å². The van der Waals surface area contributed by atoms with Crippen LogP contribution in [0.3, 0.4) is 0 Å². The third-order valence-electron chi connectivity index (χ3n) is 9.10. The zero-order valence-corrected chi connectivity index (χ0v) is 27.4. The lowest BCUT2D eigenvalue weighted by Gasteiger charge is -2.36. The van der Waals surface area contributed by atoms with Crippen molar-refractivity contribution >= 4 is 42.7 Å². The largest absolute Gasteiger partial charge is 0.547 e. The van der Waals surface area contributed by atoms with Crippen molar-refractivity contribution in [2.45, 2.75) is 43.8 Å². The highest BCUT2D eigenvalue weighted by atomic mass is 35.5. The van der Waals surface area contributed by atoms with Gasteiger partial charge in [-0.25, -0.2) is 38.0 Å². The van der Waals surface area contributed by atoms with Crippen molar-refractivity contribution in [3.05, 3.63) is 75.8 Å². The number of hydrogen-bond donors (Lipinski definition) is 6. The number of aromatic nitrogens is 2. The molecule has 20 heteroatoms. The summed E-state index contributed by atoms with van der Waals surface area (Å²) in [4.78, 5) is 65.2. The number of phenols is 2. The molecular weight excluding hydrogens is 699 g/mol. The van der Waals surface area contributed by atoms with Crippen LogP contribution in [0.4, 0.5) is 18.4 Å². The van der Waals surface area contributed by atoms with Crippen LogP contribution < -0.4 is 15.3 Å². The Hall–Kier alpha value is -5.27.